The van der Waals surface area contributed by atoms with E-state index in [1.807, 2.05) is 6.92 Å². The monoisotopic (exact) mass is 281 g/mol. The van der Waals surface area contributed by atoms with Crippen molar-refractivity contribution in [2.24, 2.45) is 11.7 Å². The first-order valence-corrected chi connectivity index (χ1v) is 7.87. The Balaban J connectivity index is 2.09. The Kier molecular flexibility index (Phi) is 5.54. The van der Waals surface area contributed by atoms with E-state index < -0.39 is 0 Å². The highest BCUT2D eigenvalue weighted by molar-refractivity contribution is 5.04. The van der Waals surface area contributed by atoms with Crippen LogP contribution in [0.15, 0.2) is 4.52 Å². The fourth-order valence-corrected chi connectivity index (χ4v) is 3.14. The van der Waals surface area contributed by atoms with Gasteiger partial charge in [0, 0.05) is 13.0 Å². The second-order valence-electron chi connectivity index (χ2n) is 5.89. The highest BCUT2D eigenvalue weighted by Crippen LogP contribution is 2.41. The molecule has 0 saturated heterocycles. The van der Waals surface area contributed by atoms with Gasteiger partial charge in [0.1, 0.15) is 5.60 Å². The molecule has 20 heavy (non-hydrogen) atoms. The third-order valence-electron chi connectivity index (χ3n) is 4.10. The first-order chi connectivity index (χ1) is 9.70. The molecular weight excluding hydrogens is 254 g/mol. The molecule has 0 radical (unpaired) electrons. The zero-order valence-corrected chi connectivity index (χ0v) is 12.7. The predicted octanol–water partition coefficient (Wildman–Crippen LogP) is 2.79. The summed E-state index contributed by atoms with van der Waals surface area (Å²) in [5.41, 5.74) is 5.17. The van der Waals surface area contributed by atoms with E-state index in [9.17, 15) is 0 Å². The van der Waals surface area contributed by atoms with Gasteiger partial charge in [0.2, 0.25) is 11.7 Å². The number of rotatable bonds is 7. The van der Waals surface area contributed by atoms with Crippen LogP contribution in [0.2, 0.25) is 0 Å². The molecule has 2 atom stereocenters. The molecule has 1 aliphatic carbocycles. The molecule has 1 fully saturated rings. The van der Waals surface area contributed by atoms with Crippen LogP contribution in [0.5, 0.6) is 0 Å². The lowest BCUT2D eigenvalue weighted by molar-refractivity contribution is -0.0891. The van der Waals surface area contributed by atoms with Crippen molar-refractivity contribution in [1.82, 2.24) is 10.1 Å². The second-order valence-corrected chi connectivity index (χ2v) is 5.89. The maximum absolute atomic E-state index is 6.06. The van der Waals surface area contributed by atoms with Crippen LogP contribution in [0.25, 0.3) is 0 Å². The first kappa shape index (κ1) is 15.4. The molecule has 0 spiro atoms. The zero-order chi connectivity index (χ0) is 14.4. The average molecular weight is 281 g/mol. The van der Waals surface area contributed by atoms with Crippen molar-refractivity contribution in [1.29, 1.82) is 0 Å². The number of ether oxygens (including phenoxy) is 1. The van der Waals surface area contributed by atoms with E-state index in [0.717, 1.165) is 44.3 Å². The van der Waals surface area contributed by atoms with E-state index in [2.05, 4.69) is 17.1 Å². The summed E-state index contributed by atoms with van der Waals surface area (Å²) in [6, 6.07) is 0. The summed E-state index contributed by atoms with van der Waals surface area (Å²) < 4.78 is 11.5. The number of nitrogens with two attached hydrogens (primary N) is 1. The molecule has 0 bridgehead atoms. The molecule has 114 valence electrons. The molecule has 2 rings (SSSR count). The minimum Gasteiger partial charge on any atom is -0.367 e. The van der Waals surface area contributed by atoms with Crippen LogP contribution in [-0.4, -0.2) is 23.3 Å². The molecule has 1 heterocycles. The summed E-state index contributed by atoms with van der Waals surface area (Å²) in [7, 11) is 0. The Labute approximate surface area is 121 Å². The fraction of sp³-hybridized carbons (Fsp3) is 0.867. The molecule has 1 aromatic heterocycles. The summed E-state index contributed by atoms with van der Waals surface area (Å²) in [4.78, 5) is 4.59. The molecule has 5 heteroatoms. The van der Waals surface area contributed by atoms with E-state index in [-0.39, 0.29) is 5.60 Å². The summed E-state index contributed by atoms with van der Waals surface area (Å²) in [6.45, 7) is 5.70. The SMILES string of the molecule is CCOC1(c2noc(CCCCN)n2)CCCC(C)C1. The van der Waals surface area contributed by atoms with Gasteiger partial charge in [-0.05, 0) is 51.5 Å². The molecule has 0 aliphatic heterocycles. The summed E-state index contributed by atoms with van der Waals surface area (Å²) in [5.74, 6) is 2.11. The smallest absolute Gasteiger partial charge is 0.226 e. The second kappa shape index (κ2) is 7.18. The molecule has 1 saturated carbocycles. The van der Waals surface area contributed by atoms with Gasteiger partial charge in [0.05, 0.1) is 0 Å². The van der Waals surface area contributed by atoms with Gasteiger partial charge in [0.25, 0.3) is 0 Å². The van der Waals surface area contributed by atoms with E-state index in [1.165, 1.54) is 6.42 Å². The number of hydrogen-bond acceptors (Lipinski definition) is 5. The lowest BCUT2D eigenvalue weighted by atomic mass is 9.78. The number of aryl methyl sites for hydroxylation is 1. The van der Waals surface area contributed by atoms with Gasteiger partial charge in [-0.3, -0.25) is 0 Å². The third kappa shape index (κ3) is 3.58. The van der Waals surface area contributed by atoms with Crippen LogP contribution in [0, 0.1) is 5.92 Å². The van der Waals surface area contributed by atoms with Gasteiger partial charge >= 0.3 is 0 Å². The standard InChI is InChI=1S/C15H27N3O2/c1-3-19-15(9-6-7-12(2)11-15)14-17-13(20-18-14)8-4-5-10-16/h12H,3-11,16H2,1-2H3. The number of nitrogens with zero attached hydrogens (tertiary/aromatic N) is 2. The van der Waals surface area contributed by atoms with Crippen LogP contribution >= 0.6 is 0 Å². The van der Waals surface area contributed by atoms with Crippen LogP contribution in [0.1, 0.15) is 64.1 Å². The van der Waals surface area contributed by atoms with Crippen molar-refractivity contribution in [3.05, 3.63) is 11.7 Å². The Morgan fingerprint density at radius 1 is 1.45 bits per heavy atom. The molecular formula is C15H27N3O2. The van der Waals surface area contributed by atoms with E-state index in [1.54, 1.807) is 0 Å². The molecule has 1 aliphatic rings. The molecule has 2 unspecified atom stereocenters. The maximum atomic E-state index is 6.06. The third-order valence-corrected chi connectivity index (χ3v) is 4.10. The van der Waals surface area contributed by atoms with Gasteiger partial charge in [0.15, 0.2) is 0 Å². The number of aromatic nitrogens is 2. The van der Waals surface area contributed by atoms with Crippen molar-refractivity contribution in [2.75, 3.05) is 13.2 Å². The van der Waals surface area contributed by atoms with Gasteiger partial charge < -0.3 is 15.0 Å². The summed E-state index contributed by atoms with van der Waals surface area (Å²) in [5, 5.41) is 4.20. The minimum atomic E-state index is -0.331. The van der Waals surface area contributed by atoms with Crippen molar-refractivity contribution in [3.8, 4) is 0 Å². The van der Waals surface area contributed by atoms with Crippen molar-refractivity contribution < 1.29 is 9.26 Å². The van der Waals surface area contributed by atoms with Crippen molar-refractivity contribution >= 4 is 0 Å². The van der Waals surface area contributed by atoms with Crippen LogP contribution < -0.4 is 5.73 Å². The van der Waals surface area contributed by atoms with Crippen LogP contribution in [0.4, 0.5) is 0 Å². The largest absolute Gasteiger partial charge is 0.367 e. The molecule has 0 amide bonds. The highest BCUT2D eigenvalue weighted by atomic mass is 16.5. The van der Waals surface area contributed by atoms with Crippen LogP contribution in [0.3, 0.4) is 0 Å². The average Bonchev–Trinajstić information content (AvgIpc) is 2.89. The molecule has 0 aromatic carbocycles. The summed E-state index contributed by atoms with van der Waals surface area (Å²) in [6.07, 6.45) is 7.20. The topological polar surface area (TPSA) is 74.2 Å². The van der Waals surface area contributed by atoms with Crippen molar-refractivity contribution in [3.63, 3.8) is 0 Å². The maximum Gasteiger partial charge on any atom is 0.226 e. The van der Waals surface area contributed by atoms with Gasteiger partial charge in [-0.2, -0.15) is 4.98 Å². The lowest BCUT2D eigenvalue weighted by Crippen LogP contribution is -2.36. The Morgan fingerprint density at radius 3 is 3.00 bits per heavy atom. The fourth-order valence-electron chi connectivity index (χ4n) is 3.14. The first-order valence-electron chi connectivity index (χ1n) is 7.87. The molecule has 5 nitrogen and oxygen atoms in total. The normalized spacial score (nSPS) is 26.9. The number of unbranched alkanes of at least 4 members (excludes halogenated alkanes) is 1. The van der Waals surface area contributed by atoms with E-state index >= 15 is 0 Å². The van der Waals surface area contributed by atoms with E-state index in [4.69, 9.17) is 15.0 Å². The zero-order valence-electron chi connectivity index (χ0n) is 12.7. The van der Waals surface area contributed by atoms with Gasteiger partial charge in [-0.25, -0.2) is 0 Å². The number of hydrogen-bond donors (Lipinski definition) is 1. The lowest BCUT2D eigenvalue weighted by Gasteiger charge is -2.37. The van der Waals surface area contributed by atoms with Gasteiger partial charge in [-0.15, -0.1) is 0 Å². The molecule has 2 N–H and O–H groups in total. The molecule has 1 aromatic rings. The summed E-state index contributed by atoms with van der Waals surface area (Å²) >= 11 is 0. The van der Waals surface area contributed by atoms with Gasteiger partial charge in [-0.1, -0.05) is 18.5 Å². The Morgan fingerprint density at radius 2 is 2.30 bits per heavy atom. The minimum absolute atomic E-state index is 0.331. The quantitative estimate of drug-likeness (QED) is 0.778. The van der Waals surface area contributed by atoms with Crippen molar-refractivity contribution in [2.45, 2.75) is 64.4 Å². The Hall–Kier alpha value is -0.940. The predicted molar refractivity (Wildman–Crippen MR) is 77.2 cm³/mol. The van der Waals surface area contributed by atoms with Crippen LogP contribution in [-0.2, 0) is 16.8 Å². The van der Waals surface area contributed by atoms with E-state index in [0.29, 0.717) is 25.0 Å². The Bertz CT molecular complexity index is 404. The highest BCUT2D eigenvalue weighted by Gasteiger charge is 2.41.